The van der Waals surface area contributed by atoms with E-state index in [0.717, 1.165) is 29.3 Å². The normalized spacial score (nSPS) is 13.0. The second-order valence-electron chi connectivity index (χ2n) is 6.53. The number of nitrogens with two attached hydrogens (primary N) is 1. The minimum Gasteiger partial charge on any atom is -0.404 e. The lowest BCUT2D eigenvalue weighted by Crippen LogP contribution is -2.20. The minimum atomic E-state index is -4.97. The quantitative estimate of drug-likeness (QED) is 0.475. The zero-order valence-corrected chi connectivity index (χ0v) is 17.0. The van der Waals surface area contributed by atoms with Crippen LogP contribution in [-0.2, 0) is 17.1 Å². The Morgan fingerprint density at radius 2 is 1.97 bits per heavy atom. The van der Waals surface area contributed by atoms with Crippen molar-refractivity contribution in [3.63, 3.8) is 0 Å². The van der Waals surface area contributed by atoms with E-state index in [1.165, 1.54) is 6.92 Å². The largest absolute Gasteiger partial charge is 0.573 e. The van der Waals surface area contributed by atoms with Crippen molar-refractivity contribution < 1.29 is 26.3 Å². The summed E-state index contributed by atoms with van der Waals surface area (Å²) in [6, 6.07) is 6.46. The van der Waals surface area contributed by atoms with Crippen LogP contribution in [0.3, 0.4) is 0 Å². The highest BCUT2D eigenvalue weighted by Gasteiger charge is 2.32. The highest BCUT2D eigenvalue weighted by Crippen LogP contribution is 2.33. The Kier molecular flexibility index (Phi) is 5.48. The van der Waals surface area contributed by atoms with E-state index in [1.807, 2.05) is 26.1 Å². The number of aromatic nitrogens is 2. The number of anilines is 1. The molecule has 0 unspecified atom stereocenters. The maximum Gasteiger partial charge on any atom is 0.573 e. The summed E-state index contributed by atoms with van der Waals surface area (Å²) in [7, 11) is -2.32. The third-order valence-electron chi connectivity index (χ3n) is 4.17. The number of hydrogen-bond acceptors (Lipinski definition) is 5. The Balaban J connectivity index is 2.05. The van der Waals surface area contributed by atoms with Gasteiger partial charge in [0.15, 0.2) is 5.75 Å². The number of rotatable bonds is 4. The smallest absolute Gasteiger partial charge is 0.404 e. The van der Waals surface area contributed by atoms with E-state index in [2.05, 4.69) is 20.0 Å². The Hall–Kier alpha value is -3.12. The van der Waals surface area contributed by atoms with Gasteiger partial charge in [-0.1, -0.05) is 6.07 Å². The number of nitrogens with one attached hydrogen (secondary N) is 1. The second kappa shape index (κ2) is 7.61. The van der Waals surface area contributed by atoms with Crippen molar-refractivity contribution in [2.24, 2.45) is 17.2 Å². The van der Waals surface area contributed by atoms with Crippen LogP contribution in [0, 0.1) is 6.92 Å². The molecule has 0 aliphatic carbocycles. The lowest BCUT2D eigenvalue weighted by atomic mass is 10.1. The molecular formula is C18H18F3N5O3S. The Labute approximate surface area is 170 Å². The summed E-state index contributed by atoms with van der Waals surface area (Å²) in [5.41, 5.74) is 2.51. The molecule has 0 saturated carbocycles. The Morgan fingerprint density at radius 3 is 2.60 bits per heavy atom. The molecule has 3 aromatic rings. The van der Waals surface area contributed by atoms with E-state index in [1.54, 1.807) is 10.9 Å². The van der Waals surface area contributed by atoms with Gasteiger partial charge in [0.25, 0.3) is 0 Å². The van der Waals surface area contributed by atoms with Crippen LogP contribution in [0.5, 0.6) is 5.75 Å². The van der Waals surface area contributed by atoms with Crippen molar-refractivity contribution in [1.29, 1.82) is 0 Å². The molecule has 160 valence electrons. The number of imidazole rings is 1. The number of aliphatic imine (C=N–C) groups is 1. The molecule has 1 heterocycles. The lowest BCUT2D eigenvalue weighted by molar-refractivity contribution is -0.274. The number of sulfonamides is 1. The van der Waals surface area contributed by atoms with Crippen LogP contribution in [0.25, 0.3) is 11.0 Å². The van der Waals surface area contributed by atoms with E-state index in [0.29, 0.717) is 11.2 Å². The molecule has 0 aliphatic rings. The van der Waals surface area contributed by atoms with Crippen molar-refractivity contribution in [1.82, 2.24) is 9.55 Å². The van der Waals surface area contributed by atoms with Crippen molar-refractivity contribution >= 4 is 38.3 Å². The number of fused-ring (bicyclic) bond motifs is 1. The average molecular weight is 441 g/mol. The maximum atomic E-state index is 12.7. The van der Waals surface area contributed by atoms with Gasteiger partial charge in [-0.2, -0.15) is 0 Å². The van der Waals surface area contributed by atoms with Crippen LogP contribution in [-0.4, -0.2) is 30.2 Å². The highest BCUT2D eigenvalue weighted by molar-refractivity contribution is 7.89. The second-order valence-corrected chi connectivity index (χ2v) is 8.09. The van der Waals surface area contributed by atoms with Gasteiger partial charge in [0.1, 0.15) is 11.4 Å². The van der Waals surface area contributed by atoms with Gasteiger partial charge in [-0.15, -0.1) is 13.2 Å². The fourth-order valence-electron chi connectivity index (χ4n) is 2.82. The summed E-state index contributed by atoms with van der Waals surface area (Å²) in [6.45, 7) is 3.34. The van der Waals surface area contributed by atoms with Crippen LogP contribution in [0.2, 0.25) is 0 Å². The number of amidine groups is 1. The molecule has 0 spiro atoms. The molecule has 3 N–H and O–H groups in total. The monoisotopic (exact) mass is 441 g/mol. The first-order valence-corrected chi connectivity index (χ1v) is 10.1. The van der Waals surface area contributed by atoms with Crippen molar-refractivity contribution in [3.05, 3.63) is 42.2 Å². The Morgan fingerprint density at radius 1 is 1.27 bits per heavy atom. The zero-order chi connectivity index (χ0) is 22.3. The SMILES string of the molecule is CC(=Nc1c(C)ccc2c1ncn2C)Nc1cc(S(N)(=O)=O)ccc1OC(F)(F)F. The first-order chi connectivity index (χ1) is 13.8. The molecule has 3 rings (SSSR count). The first kappa shape index (κ1) is 21.6. The summed E-state index contributed by atoms with van der Waals surface area (Å²) >= 11 is 0. The van der Waals surface area contributed by atoms with Gasteiger partial charge >= 0.3 is 6.36 Å². The van der Waals surface area contributed by atoms with Gasteiger partial charge < -0.3 is 14.6 Å². The molecule has 0 atom stereocenters. The molecule has 0 amide bonds. The molecular weight excluding hydrogens is 423 g/mol. The Bertz CT molecular complexity index is 1250. The van der Waals surface area contributed by atoms with Gasteiger partial charge in [-0.05, 0) is 43.7 Å². The maximum absolute atomic E-state index is 12.7. The number of hydrogen-bond donors (Lipinski definition) is 2. The standard InChI is InChI=1S/C18H18F3N5O3S/c1-10-4-6-14-17(23-9-26(14)3)16(10)25-11(2)24-13-8-12(30(22,27)28)5-7-15(13)29-18(19,20)21/h4-9H,1-3H3,(H,24,25)(H2,22,27,28). The third-order valence-corrected chi connectivity index (χ3v) is 5.08. The minimum absolute atomic E-state index is 0.190. The lowest BCUT2D eigenvalue weighted by Gasteiger charge is -2.15. The number of nitrogens with zero attached hydrogens (tertiary/aromatic N) is 3. The molecule has 0 fully saturated rings. The predicted octanol–water partition coefficient (Wildman–Crippen LogP) is 3.59. The summed E-state index contributed by atoms with van der Waals surface area (Å²) in [5, 5.41) is 7.75. The summed E-state index contributed by atoms with van der Waals surface area (Å²) < 4.78 is 67.2. The van der Waals surface area contributed by atoms with Gasteiger partial charge in [0.2, 0.25) is 10.0 Å². The van der Waals surface area contributed by atoms with Crippen LogP contribution in [0.1, 0.15) is 12.5 Å². The van der Waals surface area contributed by atoms with Crippen LogP contribution in [0.15, 0.2) is 46.5 Å². The number of ether oxygens (including phenoxy) is 1. The van der Waals surface area contributed by atoms with Gasteiger partial charge in [-0.25, -0.2) is 23.5 Å². The molecule has 0 radical (unpaired) electrons. The van der Waals surface area contributed by atoms with Crippen LogP contribution in [0.4, 0.5) is 24.5 Å². The van der Waals surface area contributed by atoms with E-state index < -0.39 is 22.1 Å². The number of primary sulfonamides is 1. The fourth-order valence-corrected chi connectivity index (χ4v) is 3.36. The van der Waals surface area contributed by atoms with E-state index in [4.69, 9.17) is 5.14 Å². The molecule has 0 aliphatic heterocycles. The molecule has 2 aromatic carbocycles. The summed E-state index contributed by atoms with van der Waals surface area (Å²) in [6.07, 6.45) is -3.35. The summed E-state index contributed by atoms with van der Waals surface area (Å²) in [4.78, 5) is 8.37. The van der Waals surface area contributed by atoms with Gasteiger partial charge in [0.05, 0.1) is 28.1 Å². The molecule has 1 aromatic heterocycles. The van der Waals surface area contributed by atoms with Gasteiger partial charge in [0, 0.05) is 7.05 Å². The van der Waals surface area contributed by atoms with E-state index in [9.17, 15) is 21.6 Å². The molecule has 0 bridgehead atoms. The average Bonchev–Trinajstić information content (AvgIpc) is 2.98. The molecule has 30 heavy (non-hydrogen) atoms. The number of aryl methyl sites for hydroxylation is 2. The van der Waals surface area contributed by atoms with Crippen molar-refractivity contribution in [2.45, 2.75) is 25.1 Å². The highest BCUT2D eigenvalue weighted by atomic mass is 32.2. The van der Waals surface area contributed by atoms with Crippen molar-refractivity contribution in [2.75, 3.05) is 5.32 Å². The topological polar surface area (TPSA) is 112 Å². The molecule has 12 heteroatoms. The number of alkyl halides is 3. The third kappa shape index (κ3) is 4.71. The molecule has 0 saturated heterocycles. The first-order valence-electron chi connectivity index (χ1n) is 8.51. The van der Waals surface area contributed by atoms with E-state index in [-0.39, 0.29) is 16.4 Å². The van der Waals surface area contributed by atoms with Crippen molar-refractivity contribution in [3.8, 4) is 5.75 Å². The van der Waals surface area contributed by atoms with Crippen LogP contribution >= 0.6 is 0 Å². The number of benzene rings is 2. The fraction of sp³-hybridized carbons (Fsp3) is 0.222. The summed E-state index contributed by atoms with van der Waals surface area (Å²) in [5.74, 6) is -0.438. The zero-order valence-electron chi connectivity index (χ0n) is 16.1. The van der Waals surface area contributed by atoms with Crippen LogP contribution < -0.4 is 15.2 Å². The predicted molar refractivity (Wildman–Crippen MR) is 106 cm³/mol. The molecule has 8 nitrogen and oxygen atoms in total. The van der Waals surface area contributed by atoms with E-state index >= 15 is 0 Å². The number of halogens is 3. The van der Waals surface area contributed by atoms with Gasteiger partial charge in [-0.3, -0.25) is 0 Å².